The molecule has 1 fully saturated rings. The highest BCUT2D eigenvalue weighted by Gasteiger charge is 2.24. The van der Waals surface area contributed by atoms with E-state index < -0.39 is 5.82 Å². The summed E-state index contributed by atoms with van der Waals surface area (Å²) in [5.74, 6) is -0.767. The van der Waals surface area contributed by atoms with Crippen molar-refractivity contribution in [1.29, 1.82) is 0 Å². The van der Waals surface area contributed by atoms with E-state index in [1.807, 2.05) is 7.05 Å². The molecule has 2 aromatic rings. The number of halogens is 2. The number of hydrogen-bond donors (Lipinski definition) is 1. The number of nitrogens with one attached hydrogen (secondary N) is 1. The molecule has 8 heteroatoms. The predicted molar refractivity (Wildman–Crippen MR) is 112 cm³/mol. The van der Waals surface area contributed by atoms with Crippen LogP contribution in [0.15, 0.2) is 42.5 Å². The van der Waals surface area contributed by atoms with E-state index in [1.54, 1.807) is 17.9 Å². The largest absolute Gasteiger partial charge is 0.343 e. The van der Waals surface area contributed by atoms with Gasteiger partial charge < -0.3 is 4.90 Å². The molecule has 3 rings (SSSR count). The lowest BCUT2D eigenvalue weighted by Crippen LogP contribution is -2.44. The average Bonchev–Trinajstić information content (AvgIpc) is 2.73. The Morgan fingerprint density at radius 1 is 1.13 bits per heavy atom. The van der Waals surface area contributed by atoms with Crippen molar-refractivity contribution in [1.82, 2.24) is 9.80 Å². The quantitative estimate of drug-likeness (QED) is 0.555. The van der Waals surface area contributed by atoms with Gasteiger partial charge in [0.05, 0.1) is 11.4 Å². The fourth-order valence-corrected chi connectivity index (χ4v) is 3.66. The first-order valence-electron chi connectivity index (χ1n) is 9.87. The second-order valence-electron chi connectivity index (χ2n) is 7.55. The number of nitrogens with zero attached hydrogens (tertiary/aromatic N) is 3. The minimum atomic E-state index is -0.443. The Kier molecular flexibility index (Phi) is 6.99. The molecule has 0 atom stereocenters. The van der Waals surface area contributed by atoms with E-state index in [0.29, 0.717) is 24.3 Å². The van der Waals surface area contributed by atoms with Crippen LogP contribution in [0.5, 0.6) is 0 Å². The summed E-state index contributed by atoms with van der Waals surface area (Å²) in [7, 11) is 1.82. The normalized spacial score (nSPS) is 14.9. The number of benzene rings is 2. The fraction of sp³-hybridized carbons (Fsp3) is 0.364. The smallest absolute Gasteiger partial charge is 0.232 e. The Morgan fingerprint density at radius 3 is 2.40 bits per heavy atom. The van der Waals surface area contributed by atoms with E-state index in [9.17, 15) is 18.4 Å². The van der Waals surface area contributed by atoms with Gasteiger partial charge in [0.15, 0.2) is 0 Å². The van der Waals surface area contributed by atoms with Crippen molar-refractivity contribution in [2.45, 2.75) is 32.4 Å². The number of piperidine rings is 1. The van der Waals surface area contributed by atoms with Gasteiger partial charge in [-0.1, -0.05) is 0 Å². The molecular weight excluding hydrogens is 390 g/mol. The molecule has 0 radical (unpaired) electrons. The molecule has 1 heterocycles. The Labute approximate surface area is 175 Å². The lowest BCUT2D eigenvalue weighted by atomic mass is 10.0. The zero-order valence-corrected chi connectivity index (χ0v) is 17.1. The molecule has 2 amide bonds. The maximum absolute atomic E-state index is 14.2. The maximum atomic E-state index is 14.2. The van der Waals surface area contributed by atoms with Crippen LogP contribution in [0.1, 0.15) is 25.3 Å². The summed E-state index contributed by atoms with van der Waals surface area (Å²) in [6, 6.07) is 10.2. The predicted octanol–water partition coefficient (Wildman–Crippen LogP) is 3.40. The molecule has 6 nitrogen and oxygen atoms in total. The zero-order chi connectivity index (χ0) is 21.7. The van der Waals surface area contributed by atoms with Gasteiger partial charge in [0.25, 0.3) is 0 Å². The fourth-order valence-electron chi connectivity index (χ4n) is 3.66. The van der Waals surface area contributed by atoms with Gasteiger partial charge in [0.2, 0.25) is 12.3 Å². The number of amides is 2. The van der Waals surface area contributed by atoms with E-state index in [2.05, 4.69) is 10.3 Å². The number of rotatable bonds is 7. The van der Waals surface area contributed by atoms with E-state index >= 15 is 0 Å². The number of hydrogen-bond acceptors (Lipinski definition) is 4. The Hall–Kier alpha value is -3.00. The first kappa shape index (κ1) is 21.7. The van der Waals surface area contributed by atoms with Gasteiger partial charge in [-0.3, -0.25) is 19.9 Å². The van der Waals surface area contributed by atoms with Gasteiger partial charge in [-0.25, -0.2) is 13.8 Å². The summed E-state index contributed by atoms with van der Waals surface area (Å²) in [6.07, 6.45) is 2.28. The van der Waals surface area contributed by atoms with Crippen molar-refractivity contribution in [3.05, 3.63) is 59.7 Å². The van der Waals surface area contributed by atoms with Crippen LogP contribution in [0, 0.1) is 11.6 Å². The first-order valence-corrected chi connectivity index (χ1v) is 9.87. The number of carbonyl (C=O) groups is 2. The molecular formula is C22H26F2N4O2. The number of anilines is 2. The highest BCUT2D eigenvalue weighted by Crippen LogP contribution is 2.23. The second kappa shape index (κ2) is 9.67. The summed E-state index contributed by atoms with van der Waals surface area (Å²) in [5.41, 5.74) is 4.45. The summed E-state index contributed by atoms with van der Waals surface area (Å²) >= 11 is 0. The molecule has 1 saturated heterocycles. The zero-order valence-electron chi connectivity index (χ0n) is 17.1. The van der Waals surface area contributed by atoms with Crippen LogP contribution in [0.3, 0.4) is 0 Å². The molecule has 1 N–H and O–H groups in total. The van der Waals surface area contributed by atoms with E-state index in [-0.39, 0.29) is 17.8 Å². The van der Waals surface area contributed by atoms with Gasteiger partial charge in [0, 0.05) is 39.6 Å². The third kappa shape index (κ3) is 5.54. The van der Waals surface area contributed by atoms with Gasteiger partial charge in [0.1, 0.15) is 11.6 Å². The molecule has 1 aliphatic rings. The molecule has 160 valence electrons. The van der Waals surface area contributed by atoms with Crippen LogP contribution < -0.4 is 10.4 Å². The number of likely N-dealkylation sites (tertiary alicyclic amines) is 1. The summed E-state index contributed by atoms with van der Waals surface area (Å²) in [4.78, 5) is 27.1. The molecule has 0 aromatic heterocycles. The van der Waals surface area contributed by atoms with Crippen LogP contribution in [0.4, 0.5) is 20.2 Å². The Bertz CT molecular complexity index is 883. The minimum absolute atomic E-state index is 0.0610. The van der Waals surface area contributed by atoms with E-state index in [1.165, 1.54) is 36.4 Å². The lowest BCUT2D eigenvalue weighted by Gasteiger charge is -2.36. The molecule has 0 spiro atoms. The number of hydrazine groups is 1. The lowest BCUT2D eigenvalue weighted by molar-refractivity contribution is -0.130. The second-order valence-corrected chi connectivity index (χ2v) is 7.55. The molecule has 0 bridgehead atoms. The molecule has 0 saturated carbocycles. The van der Waals surface area contributed by atoms with E-state index in [0.717, 1.165) is 36.5 Å². The summed E-state index contributed by atoms with van der Waals surface area (Å²) in [6.45, 7) is 3.72. The van der Waals surface area contributed by atoms with Crippen molar-refractivity contribution in [2.24, 2.45) is 0 Å². The van der Waals surface area contributed by atoms with Crippen LogP contribution in [-0.2, 0) is 16.1 Å². The standard InChI is InChI=1S/C22H26F2N4O2/c1-16(30)26(2)21-7-9-27(10-8-21)14-17-11-19(24)13-22(12-17)28(15-29)25-20-5-3-18(23)4-6-20/h3-6,11-13,15,21,25H,7-10,14H2,1-2H3. The van der Waals surface area contributed by atoms with Crippen molar-refractivity contribution in [2.75, 3.05) is 30.6 Å². The SMILES string of the molecule is CC(=O)N(C)C1CCN(Cc2cc(F)cc(N(C=O)Nc3ccc(F)cc3)c2)CC1. The van der Waals surface area contributed by atoms with Crippen LogP contribution in [0.2, 0.25) is 0 Å². The van der Waals surface area contributed by atoms with Gasteiger partial charge >= 0.3 is 0 Å². The number of carbonyl (C=O) groups excluding carboxylic acids is 2. The average molecular weight is 416 g/mol. The highest BCUT2D eigenvalue weighted by atomic mass is 19.1. The van der Waals surface area contributed by atoms with Crippen LogP contribution in [-0.4, -0.2) is 48.3 Å². The molecule has 0 aliphatic carbocycles. The molecule has 1 aliphatic heterocycles. The summed E-state index contributed by atoms with van der Waals surface area (Å²) in [5, 5.41) is 1.16. The minimum Gasteiger partial charge on any atom is -0.343 e. The monoisotopic (exact) mass is 416 g/mol. The van der Waals surface area contributed by atoms with Crippen LogP contribution >= 0.6 is 0 Å². The summed E-state index contributed by atoms with van der Waals surface area (Å²) < 4.78 is 27.3. The van der Waals surface area contributed by atoms with Gasteiger partial charge in [-0.2, -0.15) is 0 Å². The van der Waals surface area contributed by atoms with Crippen molar-refractivity contribution < 1.29 is 18.4 Å². The van der Waals surface area contributed by atoms with Crippen molar-refractivity contribution >= 4 is 23.7 Å². The van der Waals surface area contributed by atoms with E-state index in [4.69, 9.17) is 0 Å². The maximum Gasteiger partial charge on any atom is 0.232 e. The topological polar surface area (TPSA) is 55.9 Å². The highest BCUT2D eigenvalue weighted by molar-refractivity contribution is 5.79. The molecule has 30 heavy (non-hydrogen) atoms. The van der Waals surface area contributed by atoms with Gasteiger partial charge in [-0.05, 0) is 60.9 Å². The first-order chi connectivity index (χ1) is 14.4. The third-order valence-corrected chi connectivity index (χ3v) is 5.43. The van der Waals surface area contributed by atoms with Gasteiger partial charge in [-0.15, -0.1) is 0 Å². The molecule has 2 aromatic carbocycles. The van der Waals surface area contributed by atoms with Crippen LogP contribution in [0.25, 0.3) is 0 Å². The Morgan fingerprint density at radius 2 is 1.80 bits per heavy atom. The molecule has 0 unspecified atom stereocenters. The third-order valence-electron chi connectivity index (χ3n) is 5.43. The van der Waals surface area contributed by atoms with Crippen molar-refractivity contribution in [3.8, 4) is 0 Å². The Balaban J connectivity index is 1.66. The van der Waals surface area contributed by atoms with Crippen molar-refractivity contribution in [3.63, 3.8) is 0 Å².